The summed E-state index contributed by atoms with van der Waals surface area (Å²) >= 11 is 0. The van der Waals surface area contributed by atoms with Crippen molar-refractivity contribution in [2.75, 3.05) is 19.6 Å². The summed E-state index contributed by atoms with van der Waals surface area (Å²) in [6.07, 6.45) is 5.62. The predicted octanol–water partition coefficient (Wildman–Crippen LogP) is 2.40. The fraction of sp³-hybridized carbons (Fsp3) is 0.929. The van der Waals surface area contributed by atoms with E-state index in [1.807, 2.05) is 11.8 Å². The van der Waals surface area contributed by atoms with Gasteiger partial charge >= 0.3 is 0 Å². The lowest BCUT2D eigenvalue weighted by Gasteiger charge is -2.41. The van der Waals surface area contributed by atoms with Crippen LogP contribution >= 0.6 is 0 Å². The number of piperidine rings is 1. The van der Waals surface area contributed by atoms with Gasteiger partial charge in [-0.3, -0.25) is 4.79 Å². The smallest absolute Gasteiger partial charge is 0.225 e. The summed E-state index contributed by atoms with van der Waals surface area (Å²) in [5.41, 5.74) is 6.01. The number of carbonyl (C=O) groups is 1. The van der Waals surface area contributed by atoms with Gasteiger partial charge in [0.05, 0.1) is 0 Å². The lowest BCUT2D eigenvalue weighted by molar-refractivity contribution is -0.137. The molecule has 0 aromatic rings. The standard InChI is InChI=1S/C14H28N2O/c1-4-14(5-2)7-10-16(11-8-14)13(17)12(3)6-9-15/h12H,4-11,15H2,1-3H3. The molecule has 1 heterocycles. The van der Waals surface area contributed by atoms with E-state index in [1.165, 1.54) is 25.7 Å². The molecule has 100 valence electrons. The quantitative estimate of drug-likeness (QED) is 0.802. The molecule has 3 heteroatoms. The third-order valence-corrected chi connectivity index (χ3v) is 4.66. The van der Waals surface area contributed by atoms with Gasteiger partial charge in [0.1, 0.15) is 0 Å². The zero-order valence-corrected chi connectivity index (χ0v) is 11.7. The normalized spacial score (nSPS) is 21.3. The average molecular weight is 240 g/mol. The van der Waals surface area contributed by atoms with E-state index in [0.29, 0.717) is 17.9 Å². The maximum atomic E-state index is 12.1. The summed E-state index contributed by atoms with van der Waals surface area (Å²) in [7, 11) is 0. The van der Waals surface area contributed by atoms with E-state index in [-0.39, 0.29) is 5.92 Å². The molecule has 3 nitrogen and oxygen atoms in total. The van der Waals surface area contributed by atoms with Gasteiger partial charge in [-0.05, 0) is 31.2 Å². The number of carbonyl (C=O) groups excluding carboxylic acids is 1. The average Bonchev–Trinajstić information content (AvgIpc) is 2.38. The molecule has 0 aromatic carbocycles. The number of nitrogens with two attached hydrogens (primary N) is 1. The zero-order chi connectivity index (χ0) is 12.9. The number of amides is 1. The van der Waals surface area contributed by atoms with Crippen molar-refractivity contribution in [2.24, 2.45) is 17.1 Å². The minimum atomic E-state index is 0.0933. The highest BCUT2D eigenvalue weighted by molar-refractivity contribution is 5.78. The Hall–Kier alpha value is -0.570. The molecule has 0 bridgehead atoms. The Morgan fingerprint density at radius 1 is 1.29 bits per heavy atom. The monoisotopic (exact) mass is 240 g/mol. The van der Waals surface area contributed by atoms with Crippen molar-refractivity contribution in [1.82, 2.24) is 4.90 Å². The zero-order valence-electron chi connectivity index (χ0n) is 11.7. The summed E-state index contributed by atoms with van der Waals surface area (Å²) in [6, 6.07) is 0. The Morgan fingerprint density at radius 3 is 2.24 bits per heavy atom. The SMILES string of the molecule is CCC1(CC)CCN(C(=O)C(C)CCN)CC1. The fourth-order valence-electron chi connectivity index (χ4n) is 2.84. The van der Waals surface area contributed by atoms with Crippen LogP contribution in [-0.4, -0.2) is 30.4 Å². The van der Waals surface area contributed by atoms with Crippen LogP contribution < -0.4 is 5.73 Å². The van der Waals surface area contributed by atoms with Gasteiger partial charge in [-0.25, -0.2) is 0 Å². The van der Waals surface area contributed by atoms with Crippen molar-refractivity contribution in [2.45, 2.75) is 52.9 Å². The highest BCUT2D eigenvalue weighted by Gasteiger charge is 2.33. The Labute approximate surface area is 106 Å². The maximum Gasteiger partial charge on any atom is 0.225 e. The number of nitrogens with zero attached hydrogens (tertiary/aromatic N) is 1. The summed E-state index contributed by atoms with van der Waals surface area (Å²) in [4.78, 5) is 14.2. The topological polar surface area (TPSA) is 46.3 Å². The molecule has 1 amide bonds. The molecule has 1 aliphatic rings. The van der Waals surface area contributed by atoms with E-state index in [0.717, 1.165) is 19.5 Å². The van der Waals surface area contributed by atoms with Crippen LogP contribution in [0.15, 0.2) is 0 Å². The molecule has 1 saturated heterocycles. The van der Waals surface area contributed by atoms with Crippen LogP contribution in [0.3, 0.4) is 0 Å². The van der Waals surface area contributed by atoms with Crippen LogP contribution in [-0.2, 0) is 4.79 Å². The van der Waals surface area contributed by atoms with Crippen molar-refractivity contribution in [3.63, 3.8) is 0 Å². The van der Waals surface area contributed by atoms with Crippen LogP contribution in [0.1, 0.15) is 52.9 Å². The van der Waals surface area contributed by atoms with Gasteiger partial charge in [0.15, 0.2) is 0 Å². The second-order valence-electron chi connectivity index (χ2n) is 5.51. The number of hydrogen-bond donors (Lipinski definition) is 1. The van der Waals surface area contributed by atoms with E-state index in [1.54, 1.807) is 0 Å². The molecule has 17 heavy (non-hydrogen) atoms. The first-order valence-corrected chi connectivity index (χ1v) is 7.07. The van der Waals surface area contributed by atoms with Crippen molar-refractivity contribution >= 4 is 5.91 Å². The maximum absolute atomic E-state index is 12.1. The largest absolute Gasteiger partial charge is 0.342 e. The van der Waals surface area contributed by atoms with Crippen LogP contribution in [0.5, 0.6) is 0 Å². The third-order valence-electron chi connectivity index (χ3n) is 4.66. The second-order valence-corrected chi connectivity index (χ2v) is 5.51. The summed E-state index contributed by atoms with van der Waals surface area (Å²) in [5, 5.41) is 0. The lowest BCUT2D eigenvalue weighted by Crippen LogP contribution is -2.45. The van der Waals surface area contributed by atoms with Crippen molar-refractivity contribution in [3.05, 3.63) is 0 Å². The highest BCUT2D eigenvalue weighted by Crippen LogP contribution is 2.38. The molecule has 0 saturated carbocycles. The number of hydrogen-bond acceptors (Lipinski definition) is 2. The Bertz CT molecular complexity index is 239. The molecule has 0 aliphatic carbocycles. The van der Waals surface area contributed by atoms with Gasteiger partial charge in [-0.15, -0.1) is 0 Å². The highest BCUT2D eigenvalue weighted by atomic mass is 16.2. The van der Waals surface area contributed by atoms with Gasteiger partial charge in [0, 0.05) is 19.0 Å². The van der Waals surface area contributed by atoms with Crippen LogP contribution in [0.2, 0.25) is 0 Å². The molecule has 1 aliphatic heterocycles. The van der Waals surface area contributed by atoms with Gasteiger partial charge in [-0.2, -0.15) is 0 Å². The number of likely N-dealkylation sites (tertiary alicyclic amines) is 1. The minimum absolute atomic E-state index is 0.0933. The van der Waals surface area contributed by atoms with E-state index in [4.69, 9.17) is 5.73 Å². The first-order valence-electron chi connectivity index (χ1n) is 7.07. The molecule has 0 radical (unpaired) electrons. The molecule has 1 unspecified atom stereocenters. The van der Waals surface area contributed by atoms with Crippen LogP contribution in [0.25, 0.3) is 0 Å². The van der Waals surface area contributed by atoms with E-state index in [2.05, 4.69) is 13.8 Å². The van der Waals surface area contributed by atoms with Gasteiger partial charge in [0.2, 0.25) is 5.91 Å². The summed E-state index contributed by atoms with van der Waals surface area (Å²) in [5.74, 6) is 0.395. The number of rotatable bonds is 5. The lowest BCUT2D eigenvalue weighted by atomic mass is 9.74. The Balaban J connectivity index is 2.48. The molecule has 0 aromatic heterocycles. The molecule has 2 N–H and O–H groups in total. The first-order chi connectivity index (χ1) is 8.08. The summed E-state index contributed by atoms with van der Waals surface area (Å²) in [6.45, 7) is 9.03. The van der Waals surface area contributed by atoms with Gasteiger partial charge in [-0.1, -0.05) is 33.6 Å². The third kappa shape index (κ3) is 3.44. The van der Waals surface area contributed by atoms with E-state index >= 15 is 0 Å². The molecule has 1 rings (SSSR count). The molecule has 0 spiro atoms. The summed E-state index contributed by atoms with van der Waals surface area (Å²) < 4.78 is 0. The molecular formula is C14H28N2O. The molecule has 1 fully saturated rings. The molecule has 1 atom stereocenters. The van der Waals surface area contributed by atoms with Gasteiger partial charge < -0.3 is 10.6 Å². The minimum Gasteiger partial charge on any atom is -0.342 e. The van der Waals surface area contributed by atoms with Crippen LogP contribution in [0, 0.1) is 11.3 Å². The van der Waals surface area contributed by atoms with Crippen LogP contribution in [0.4, 0.5) is 0 Å². The van der Waals surface area contributed by atoms with Crippen molar-refractivity contribution < 1.29 is 4.79 Å². The predicted molar refractivity (Wildman–Crippen MR) is 71.7 cm³/mol. The van der Waals surface area contributed by atoms with Crippen molar-refractivity contribution in [1.29, 1.82) is 0 Å². The van der Waals surface area contributed by atoms with Crippen molar-refractivity contribution in [3.8, 4) is 0 Å². The van der Waals surface area contributed by atoms with E-state index in [9.17, 15) is 4.79 Å². The first kappa shape index (κ1) is 14.5. The molecular weight excluding hydrogens is 212 g/mol. The fourth-order valence-corrected chi connectivity index (χ4v) is 2.84. The van der Waals surface area contributed by atoms with Gasteiger partial charge in [0.25, 0.3) is 0 Å². The van der Waals surface area contributed by atoms with E-state index < -0.39 is 0 Å². The Kier molecular flexibility index (Phi) is 5.44. The Morgan fingerprint density at radius 2 is 1.82 bits per heavy atom. The second kappa shape index (κ2) is 6.39.